The van der Waals surface area contributed by atoms with Crippen molar-refractivity contribution in [1.29, 1.82) is 0 Å². The fourth-order valence-corrected chi connectivity index (χ4v) is 11.2. The molecule has 1 aliphatic rings. The maximum absolute atomic E-state index is 14.5. The van der Waals surface area contributed by atoms with Crippen LogP contribution < -0.4 is 25.4 Å². The van der Waals surface area contributed by atoms with Crippen molar-refractivity contribution in [3.05, 3.63) is 137 Å². The lowest BCUT2D eigenvalue weighted by atomic mass is 9.85. The minimum Gasteiger partial charge on any atom is -0.480 e. The van der Waals surface area contributed by atoms with E-state index in [1.165, 1.54) is 30.5 Å². The number of methoxy groups -OCH3 is 1. The summed E-state index contributed by atoms with van der Waals surface area (Å²) in [6, 6.07) is 19.6. The van der Waals surface area contributed by atoms with E-state index in [1.54, 1.807) is 63.8 Å². The predicted molar refractivity (Wildman–Crippen MR) is 293 cm³/mol. The normalized spacial score (nSPS) is 14.9. The van der Waals surface area contributed by atoms with Crippen LogP contribution in [0.5, 0.6) is 5.88 Å². The molecule has 1 fully saturated rings. The molecule has 0 saturated carbocycles. The molecule has 1 saturated heterocycles. The number of unbranched alkanes of at least 4 members (excludes halogenated alkanes) is 2. The summed E-state index contributed by atoms with van der Waals surface area (Å²) in [5, 5.41) is 27.9. The van der Waals surface area contributed by atoms with Crippen LogP contribution in [0.25, 0.3) is 50.3 Å². The number of aromatic nitrogens is 6. The third kappa shape index (κ3) is 12.7. The number of amides is 4. The molecule has 9 rings (SSSR count). The first-order chi connectivity index (χ1) is 38.3. The molecule has 0 radical (unpaired) electrons. The summed E-state index contributed by atoms with van der Waals surface area (Å²) in [6.45, 7) is 7.92. The minimum absolute atomic E-state index is 0.0408. The van der Waals surface area contributed by atoms with Crippen molar-refractivity contribution < 1.29 is 50.6 Å². The quantitative estimate of drug-likeness (QED) is 0.0458. The number of β-amino-alcohol motifs (C(OH)–C–C–N with tert-alkyl or cyclic N) is 1. The van der Waals surface area contributed by atoms with Crippen molar-refractivity contribution >= 4 is 56.3 Å². The van der Waals surface area contributed by atoms with Gasteiger partial charge in [0.1, 0.15) is 45.6 Å². The van der Waals surface area contributed by atoms with Gasteiger partial charge in [-0.15, -0.1) is 21.5 Å². The van der Waals surface area contributed by atoms with Crippen molar-refractivity contribution in [3.8, 4) is 50.5 Å². The number of pyridine rings is 2. The molecule has 3 aromatic carbocycles. The van der Waals surface area contributed by atoms with Gasteiger partial charge in [0, 0.05) is 62.1 Å². The molecule has 416 valence electrons. The number of rotatable bonds is 20. The number of halogens is 2. The molecule has 0 aliphatic carbocycles. The molecule has 20 nitrogen and oxygen atoms in total. The Morgan fingerprint density at radius 1 is 0.887 bits per heavy atom. The lowest BCUT2D eigenvalue weighted by Crippen LogP contribution is -2.57. The Hall–Kier alpha value is -8.48. The van der Waals surface area contributed by atoms with Crippen LogP contribution in [0.3, 0.4) is 0 Å². The number of aliphatic hydroxyl groups excluding tert-OH is 1. The number of likely N-dealkylation sites (tertiary alicyclic amines) is 1. The number of nitrogens with zero attached hydrogens (tertiary/aromatic N) is 7. The zero-order valence-corrected chi connectivity index (χ0v) is 45.8. The highest BCUT2D eigenvalue weighted by Gasteiger charge is 2.44. The first kappa shape index (κ1) is 56.2. The maximum atomic E-state index is 14.5. The summed E-state index contributed by atoms with van der Waals surface area (Å²) in [7, 11) is -3.25. The molecule has 4 amide bonds. The highest BCUT2D eigenvalue weighted by molar-refractivity contribution is 7.92. The number of hydrogen-bond donors (Lipinski definition) is 5. The maximum Gasteiger partial charge on any atom is 0.266 e. The number of carbonyl (C=O) groups is 4. The second-order valence-electron chi connectivity index (χ2n) is 20.2. The molecular formula is C56H57F2N11O9S2. The van der Waals surface area contributed by atoms with Gasteiger partial charge in [0.15, 0.2) is 0 Å². The van der Waals surface area contributed by atoms with Crippen molar-refractivity contribution in [1.82, 2.24) is 50.4 Å². The lowest BCUT2D eigenvalue weighted by molar-refractivity contribution is -0.144. The van der Waals surface area contributed by atoms with Crippen molar-refractivity contribution in [2.24, 2.45) is 5.41 Å². The van der Waals surface area contributed by atoms with Gasteiger partial charge in [0.2, 0.25) is 29.5 Å². The van der Waals surface area contributed by atoms with Crippen molar-refractivity contribution in [2.45, 2.75) is 89.4 Å². The number of sulfonamides is 1. The van der Waals surface area contributed by atoms with E-state index in [9.17, 15) is 41.5 Å². The smallest absolute Gasteiger partial charge is 0.266 e. The van der Waals surface area contributed by atoms with Gasteiger partial charge in [0.05, 0.1) is 46.6 Å². The zero-order chi connectivity index (χ0) is 56.9. The molecule has 0 bridgehead atoms. The topological polar surface area (TPSA) is 265 Å². The molecule has 8 aromatic rings. The second kappa shape index (κ2) is 23.9. The van der Waals surface area contributed by atoms with Crippen LogP contribution in [0.2, 0.25) is 0 Å². The number of benzene rings is 3. The number of imidazole rings is 1. The van der Waals surface area contributed by atoms with E-state index >= 15 is 0 Å². The summed E-state index contributed by atoms with van der Waals surface area (Å²) < 4.78 is 69.8. The largest absolute Gasteiger partial charge is 0.480 e. The number of nitrogens with one attached hydrogen (secondary N) is 4. The summed E-state index contributed by atoms with van der Waals surface area (Å²) in [5.74, 6) is -3.76. The number of aryl methyl sites for hydroxylation is 1. The van der Waals surface area contributed by atoms with Crippen LogP contribution in [-0.2, 0) is 31.0 Å². The van der Waals surface area contributed by atoms with E-state index in [2.05, 4.69) is 45.8 Å². The summed E-state index contributed by atoms with van der Waals surface area (Å²) >= 11 is 1.56. The fourth-order valence-electron chi connectivity index (χ4n) is 9.25. The Kier molecular flexibility index (Phi) is 16.8. The number of carbonyl (C=O) groups excluding carboxylic acids is 4. The average molecular weight is 1130 g/mol. The van der Waals surface area contributed by atoms with Crippen LogP contribution in [0.15, 0.2) is 118 Å². The Morgan fingerprint density at radius 3 is 2.39 bits per heavy atom. The Morgan fingerprint density at radius 2 is 1.65 bits per heavy atom. The molecule has 1 aliphatic heterocycles. The SMILES string of the molecule is COc1ncc(-c2ccc3ncc(-c4nnc(-c5ccccc5C(=O)NCCCCCC(=O)NC(C(=O)N5CC(O)CC5C(=O)NCc5ccc(-c6scnc6C)cc5)C(C)(C)C)o4)n3c2)cc1NS(=O)(=O)c1ccc(F)cc1F. The van der Waals surface area contributed by atoms with E-state index in [0.717, 1.165) is 33.8 Å². The Balaban J connectivity index is 0.773. The molecule has 6 heterocycles. The summed E-state index contributed by atoms with van der Waals surface area (Å²) in [4.78, 5) is 69.3. The minimum atomic E-state index is -4.54. The van der Waals surface area contributed by atoms with Gasteiger partial charge in [-0.1, -0.05) is 63.6 Å². The van der Waals surface area contributed by atoms with Gasteiger partial charge in [-0.25, -0.2) is 32.2 Å². The van der Waals surface area contributed by atoms with Gasteiger partial charge in [-0.2, -0.15) is 0 Å². The second-order valence-corrected chi connectivity index (χ2v) is 22.7. The van der Waals surface area contributed by atoms with E-state index in [1.807, 2.05) is 52.0 Å². The van der Waals surface area contributed by atoms with E-state index in [4.69, 9.17) is 9.15 Å². The third-order valence-electron chi connectivity index (χ3n) is 13.4. The number of fused-ring (bicyclic) bond motifs is 1. The van der Waals surface area contributed by atoms with Gasteiger partial charge >= 0.3 is 0 Å². The molecule has 0 spiro atoms. The van der Waals surface area contributed by atoms with Crippen LogP contribution in [0.4, 0.5) is 14.5 Å². The third-order valence-corrected chi connectivity index (χ3v) is 15.8. The fraction of sp³-hybridized carbons (Fsp3) is 0.304. The van der Waals surface area contributed by atoms with Gasteiger partial charge < -0.3 is 35.1 Å². The molecule has 24 heteroatoms. The monoisotopic (exact) mass is 1130 g/mol. The molecule has 5 N–H and O–H groups in total. The van der Waals surface area contributed by atoms with Crippen LogP contribution in [-0.4, -0.2) is 110 Å². The molecular weight excluding hydrogens is 1070 g/mol. The van der Waals surface area contributed by atoms with Crippen molar-refractivity contribution in [3.63, 3.8) is 0 Å². The van der Waals surface area contributed by atoms with Crippen molar-refractivity contribution in [2.75, 3.05) is 24.9 Å². The van der Waals surface area contributed by atoms with Gasteiger partial charge in [-0.3, -0.25) is 28.3 Å². The standard InChI is InChI=1S/C56H57F2N11O9S2/c1-32-48(79-31-63-32)34-16-14-33(15-17-34)26-61-51(73)43-25-38(70)30-69(43)55(74)49(56(2,3)4)64-47(71)13-7-6-10-22-59-50(72)39-11-8-9-12-40(39)52-65-66-54(78-52)44-28-60-46-21-18-35(29-68(44)46)36-23-42(53(77-5)62-27-36)67-80(75,76)45-20-19-37(57)24-41(45)58/h8-9,11-12,14-21,23-24,27-29,31,38,43,49,67,70H,6-7,10,13,22,25-26,30H2,1-5H3,(H,59,72)(H,61,73)(H,64,71). The summed E-state index contributed by atoms with van der Waals surface area (Å²) in [5.41, 5.74) is 6.32. The molecule has 80 heavy (non-hydrogen) atoms. The molecule has 3 unspecified atom stereocenters. The van der Waals surface area contributed by atoms with Crippen LogP contribution in [0, 0.1) is 24.0 Å². The van der Waals surface area contributed by atoms with Gasteiger partial charge in [-0.05, 0) is 78.8 Å². The number of thiazole rings is 1. The highest BCUT2D eigenvalue weighted by Crippen LogP contribution is 2.34. The van der Waals surface area contributed by atoms with Crippen LogP contribution >= 0.6 is 11.3 Å². The number of aliphatic hydroxyl groups is 1. The molecule has 5 aromatic heterocycles. The van der Waals surface area contributed by atoms with Crippen LogP contribution in [0.1, 0.15) is 74.5 Å². The number of hydrogen-bond acceptors (Lipinski definition) is 15. The average Bonchev–Trinajstić information content (AvgIpc) is 4.32. The van der Waals surface area contributed by atoms with E-state index in [0.29, 0.717) is 59.9 Å². The number of ether oxygens (including phenoxy) is 1. The predicted octanol–water partition coefficient (Wildman–Crippen LogP) is 7.73. The van der Waals surface area contributed by atoms with Gasteiger partial charge in [0.25, 0.3) is 21.8 Å². The Bertz CT molecular complexity index is 3710. The summed E-state index contributed by atoms with van der Waals surface area (Å²) in [6.07, 6.45) is 5.54. The Labute approximate surface area is 463 Å². The molecule has 3 atom stereocenters. The first-order valence-corrected chi connectivity index (χ1v) is 27.9. The lowest BCUT2D eigenvalue weighted by Gasteiger charge is -2.35. The first-order valence-electron chi connectivity index (χ1n) is 25.5. The van der Waals surface area contributed by atoms with E-state index < -0.39 is 67.9 Å². The highest BCUT2D eigenvalue weighted by atomic mass is 32.2. The zero-order valence-electron chi connectivity index (χ0n) is 44.2. The van der Waals surface area contributed by atoms with E-state index in [-0.39, 0.29) is 60.8 Å². The number of anilines is 1.